The summed E-state index contributed by atoms with van der Waals surface area (Å²) >= 11 is 1.83. The highest BCUT2D eigenvalue weighted by Gasteiger charge is 2.29. The van der Waals surface area contributed by atoms with Crippen molar-refractivity contribution < 1.29 is 4.79 Å². The number of carbonyl (C=O) groups is 1. The maximum absolute atomic E-state index is 11.1. The first-order valence-electron chi connectivity index (χ1n) is 7.13. The van der Waals surface area contributed by atoms with Crippen LogP contribution in [0.5, 0.6) is 0 Å². The monoisotopic (exact) mass is 302 g/mol. The van der Waals surface area contributed by atoms with E-state index < -0.39 is 0 Å². The first kappa shape index (κ1) is 15.8. The molecule has 0 saturated carbocycles. The summed E-state index contributed by atoms with van der Waals surface area (Å²) < 4.78 is 0. The van der Waals surface area contributed by atoms with Crippen LogP contribution in [0.3, 0.4) is 0 Å². The SMILES string of the molecule is C=C(C)CC1=NC(C)(c2ccc(NC(C)=O)cc2)CCS1. The van der Waals surface area contributed by atoms with Crippen molar-refractivity contribution in [3.8, 4) is 0 Å². The first-order valence-corrected chi connectivity index (χ1v) is 8.12. The van der Waals surface area contributed by atoms with Gasteiger partial charge in [0.1, 0.15) is 0 Å². The minimum absolute atomic E-state index is 0.0511. The molecule has 1 N–H and O–H groups in total. The average Bonchev–Trinajstić information content (AvgIpc) is 2.38. The molecule has 0 aromatic heterocycles. The molecule has 1 aromatic carbocycles. The molecule has 112 valence electrons. The van der Waals surface area contributed by atoms with Crippen LogP contribution in [0.1, 0.15) is 39.2 Å². The van der Waals surface area contributed by atoms with E-state index in [0.717, 1.165) is 29.9 Å². The molecule has 0 spiro atoms. The van der Waals surface area contributed by atoms with Crippen LogP contribution in [0.2, 0.25) is 0 Å². The Balaban J connectivity index is 2.22. The van der Waals surface area contributed by atoms with Gasteiger partial charge in [0.05, 0.1) is 10.6 Å². The van der Waals surface area contributed by atoms with Gasteiger partial charge in [0.15, 0.2) is 0 Å². The quantitative estimate of drug-likeness (QED) is 0.839. The zero-order valence-corrected chi connectivity index (χ0v) is 13.7. The maximum Gasteiger partial charge on any atom is 0.221 e. The van der Waals surface area contributed by atoms with Crippen LogP contribution < -0.4 is 5.32 Å². The molecule has 1 amide bonds. The second-order valence-corrected chi connectivity index (χ2v) is 6.94. The number of aliphatic imine (C=N–C) groups is 1. The highest BCUT2D eigenvalue weighted by molar-refractivity contribution is 8.14. The molecule has 2 rings (SSSR count). The number of anilines is 1. The van der Waals surface area contributed by atoms with E-state index in [4.69, 9.17) is 4.99 Å². The molecule has 21 heavy (non-hydrogen) atoms. The van der Waals surface area contributed by atoms with Crippen LogP contribution in [0.4, 0.5) is 5.69 Å². The van der Waals surface area contributed by atoms with Crippen molar-refractivity contribution in [1.29, 1.82) is 0 Å². The lowest BCUT2D eigenvalue weighted by molar-refractivity contribution is -0.114. The van der Waals surface area contributed by atoms with Crippen LogP contribution in [0.15, 0.2) is 41.4 Å². The van der Waals surface area contributed by atoms with Gasteiger partial charge in [0.2, 0.25) is 5.91 Å². The lowest BCUT2D eigenvalue weighted by Gasteiger charge is -2.31. The van der Waals surface area contributed by atoms with Crippen LogP contribution >= 0.6 is 11.8 Å². The summed E-state index contributed by atoms with van der Waals surface area (Å²) in [5, 5.41) is 3.96. The molecule has 4 heteroatoms. The molecule has 0 fully saturated rings. The standard InChI is InChI=1S/C17H22N2OS/c1-12(2)11-16-19-17(4,9-10-21-16)14-5-7-15(8-6-14)18-13(3)20/h5-8H,1,9-11H2,2-4H3,(H,18,20). The van der Waals surface area contributed by atoms with Gasteiger partial charge in [0, 0.05) is 24.8 Å². The number of allylic oxidation sites excluding steroid dienone is 1. The Hall–Kier alpha value is -1.55. The van der Waals surface area contributed by atoms with E-state index in [9.17, 15) is 4.79 Å². The van der Waals surface area contributed by atoms with Gasteiger partial charge in [0.25, 0.3) is 0 Å². The van der Waals surface area contributed by atoms with Crippen LogP contribution in [0.25, 0.3) is 0 Å². The van der Waals surface area contributed by atoms with E-state index in [0.29, 0.717) is 0 Å². The molecule has 0 radical (unpaired) electrons. The summed E-state index contributed by atoms with van der Waals surface area (Å²) in [6, 6.07) is 8.00. The fraction of sp³-hybridized carbons (Fsp3) is 0.412. The number of benzene rings is 1. The number of nitrogens with zero attached hydrogens (tertiary/aromatic N) is 1. The molecule has 1 aliphatic heterocycles. The number of rotatable bonds is 4. The van der Waals surface area contributed by atoms with Crippen molar-refractivity contribution in [2.24, 2.45) is 4.99 Å². The predicted octanol–water partition coefficient (Wildman–Crippen LogP) is 4.36. The van der Waals surface area contributed by atoms with Gasteiger partial charge in [-0.25, -0.2) is 0 Å². The minimum Gasteiger partial charge on any atom is -0.326 e. The summed E-state index contributed by atoms with van der Waals surface area (Å²) in [6.07, 6.45) is 1.89. The van der Waals surface area contributed by atoms with Gasteiger partial charge in [-0.05, 0) is 38.0 Å². The minimum atomic E-state index is -0.176. The van der Waals surface area contributed by atoms with Gasteiger partial charge in [-0.15, -0.1) is 11.8 Å². The van der Waals surface area contributed by atoms with Gasteiger partial charge < -0.3 is 5.32 Å². The van der Waals surface area contributed by atoms with Gasteiger partial charge in [-0.1, -0.05) is 24.3 Å². The zero-order chi connectivity index (χ0) is 15.5. The van der Waals surface area contributed by atoms with Crippen LogP contribution in [-0.2, 0) is 10.3 Å². The van der Waals surface area contributed by atoms with E-state index in [-0.39, 0.29) is 11.4 Å². The van der Waals surface area contributed by atoms with Gasteiger partial charge in [-0.2, -0.15) is 0 Å². The van der Waals surface area contributed by atoms with Crippen molar-refractivity contribution in [3.05, 3.63) is 42.0 Å². The Labute approximate surface area is 130 Å². The molecule has 1 aliphatic rings. The topological polar surface area (TPSA) is 41.5 Å². The third-order valence-corrected chi connectivity index (χ3v) is 4.49. The van der Waals surface area contributed by atoms with E-state index in [1.807, 2.05) is 30.8 Å². The van der Waals surface area contributed by atoms with Gasteiger partial charge in [-0.3, -0.25) is 9.79 Å². The Morgan fingerprint density at radius 1 is 1.38 bits per heavy atom. The second kappa shape index (κ2) is 6.48. The summed E-state index contributed by atoms with van der Waals surface area (Å²) in [4.78, 5) is 16.0. The van der Waals surface area contributed by atoms with E-state index >= 15 is 0 Å². The maximum atomic E-state index is 11.1. The van der Waals surface area contributed by atoms with Crippen LogP contribution in [-0.4, -0.2) is 16.7 Å². The average molecular weight is 302 g/mol. The van der Waals surface area contributed by atoms with Crippen LogP contribution in [0, 0.1) is 0 Å². The Kier molecular flexibility index (Phi) is 4.88. The fourth-order valence-corrected chi connectivity index (χ4v) is 3.75. The zero-order valence-electron chi connectivity index (χ0n) is 12.9. The van der Waals surface area contributed by atoms with Gasteiger partial charge >= 0.3 is 0 Å². The number of thioether (sulfide) groups is 1. The number of carbonyl (C=O) groups excluding carboxylic acids is 1. The lowest BCUT2D eigenvalue weighted by Crippen LogP contribution is -2.25. The molecular weight excluding hydrogens is 280 g/mol. The Bertz CT molecular complexity index is 577. The Morgan fingerprint density at radius 2 is 2.05 bits per heavy atom. The molecule has 0 bridgehead atoms. The van der Waals surface area contributed by atoms with Crippen molar-refractivity contribution in [2.45, 2.75) is 39.2 Å². The summed E-state index contributed by atoms with van der Waals surface area (Å²) in [7, 11) is 0. The summed E-state index contributed by atoms with van der Waals surface area (Å²) in [5.74, 6) is 1.03. The predicted molar refractivity (Wildman–Crippen MR) is 92.0 cm³/mol. The third kappa shape index (κ3) is 4.21. The molecule has 1 aromatic rings. The molecule has 1 atom stereocenters. The smallest absolute Gasteiger partial charge is 0.221 e. The largest absolute Gasteiger partial charge is 0.326 e. The number of hydrogen-bond acceptors (Lipinski definition) is 3. The Morgan fingerprint density at radius 3 is 2.62 bits per heavy atom. The summed E-state index contributed by atoms with van der Waals surface area (Å²) in [6.45, 7) is 9.71. The summed E-state index contributed by atoms with van der Waals surface area (Å²) in [5.41, 5.74) is 2.99. The van der Waals surface area contributed by atoms with Crippen molar-refractivity contribution in [2.75, 3.05) is 11.1 Å². The van der Waals surface area contributed by atoms with E-state index in [1.165, 1.54) is 17.5 Å². The lowest BCUT2D eigenvalue weighted by atomic mass is 9.89. The van der Waals surface area contributed by atoms with Crippen molar-refractivity contribution >= 4 is 28.4 Å². The highest BCUT2D eigenvalue weighted by Crippen LogP contribution is 2.37. The second-order valence-electron chi connectivity index (χ2n) is 5.77. The van der Waals surface area contributed by atoms with E-state index in [1.54, 1.807) is 0 Å². The molecule has 3 nitrogen and oxygen atoms in total. The van der Waals surface area contributed by atoms with Crippen molar-refractivity contribution in [1.82, 2.24) is 0 Å². The third-order valence-electron chi connectivity index (χ3n) is 3.51. The fourth-order valence-electron chi connectivity index (χ4n) is 2.40. The number of amides is 1. The number of hydrogen-bond donors (Lipinski definition) is 1. The number of nitrogens with one attached hydrogen (secondary N) is 1. The molecular formula is C17H22N2OS. The molecule has 1 unspecified atom stereocenters. The normalized spacial score (nSPS) is 21.6. The first-order chi connectivity index (χ1) is 9.89. The van der Waals surface area contributed by atoms with Crippen molar-refractivity contribution in [3.63, 3.8) is 0 Å². The highest BCUT2D eigenvalue weighted by atomic mass is 32.2. The molecule has 0 saturated heterocycles. The molecule has 1 heterocycles. The molecule has 0 aliphatic carbocycles. The van der Waals surface area contributed by atoms with E-state index in [2.05, 4.69) is 31.0 Å².